The van der Waals surface area contributed by atoms with Crippen LogP contribution in [-0.2, 0) is 11.0 Å². The number of hydrogen-bond acceptors (Lipinski definition) is 3. The molecule has 4 nitrogen and oxygen atoms in total. The smallest absolute Gasteiger partial charge is 0.416 e. The van der Waals surface area contributed by atoms with Crippen LogP contribution in [0.2, 0.25) is 0 Å². The summed E-state index contributed by atoms with van der Waals surface area (Å²) in [6.45, 7) is 1.44. The number of carboxylic acids is 1. The van der Waals surface area contributed by atoms with Gasteiger partial charge in [0.2, 0.25) is 0 Å². The number of halogens is 4. The molecule has 0 aliphatic rings. The Morgan fingerprint density at radius 3 is 2.36 bits per heavy atom. The Labute approximate surface area is 202 Å². The van der Waals surface area contributed by atoms with E-state index in [-0.39, 0.29) is 6.61 Å². The van der Waals surface area contributed by atoms with Crippen LogP contribution < -0.4 is 9.47 Å². The van der Waals surface area contributed by atoms with Gasteiger partial charge in [-0.05, 0) is 100 Å². The minimum atomic E-state index is -4.44. The van der Waals surface area contributed by atoms with Crippen molar-refractivity contribution < 1.29 is 32.5 Å². The molecule has 0 aliphatic heterocycles. The summed E-state index contributed by atoms with van der Waals surface area (Å²) in [6, 6.07) is 17.6. The van der Waals surface area contributed by atoms with Crippen molar-refractivity contribution in [2.24, 2.45) is 0 Å². The fourth-order valence-corrected chi connectivity index (χ4v) is 3.49. The molecule has 0 aliphatic carbocycles. The van der Waals surface area contributed by atoms with Gasteiger partial charge in [0.15, 0.2) is 6.61 Å². The maximum absolute atomic E-state index is 13.2. The number of carbonyl (C=O) groups is 1. The van der Waals surface area contributed by atoms with E-state index in [4.69, 9.17) is 14.6 Å². The van der Waals surface area contributed by atoms with Crippen molar-refractivity contribution in [3.8, 4) is 11.5 Å². The molecule has 0 atom stereocenters. The predicted molar refractivity (Wildman–Crippen MR) is 127 cm³/mol. The van der Waals surface area contributed by atoms with Gasteiger partial charge in [-0.3, -0.25) is 0 Å². The van der Waals surface area contributed by atoms with Gasteiger partial charge in [-0.1, -0.05) is 24.3 Å². The molecule has 0 fully saturated rings. The molecule has 0 amide bonds. The van der Waals surface area contributed by atoms with Crippen LogP contribution in [0.3, 0.4) is 0 Å². The SMILES string of the molecule is Cc1cc(OCC=C(c2ccc(I)cc2)c2cccc(C(F)(F)F)c2)ccc1OCC(=O)O. The Morgan fingerprint density at radius 2 is 1.73 bits per heavy atom. The van der Waals surface area contributed by atoms with Gasteiger partial charge in [-0.25, -0.2) is 4.79 Å². The van der Waals surface area contributed by atoms with Crippen LogP contribution in [0.1, 0.15) is 22.3 Å². The summed E-state index contributed by atoms with van der Waals surface area (Å²) < 4.78 is 51.7. The molecule has 8 heteroatoms. The molecule has 0 saturated heterocycles. The van der Waals surface area contributed by atoms with Gasteiger partial charge >= 0.3 is 12.1 Å². The molecule has 0 saturated carbocycles. The van der Waals surface area contributed by atoms with Crippen molar-refractivity contribution in [3.05, 3.63) is 98.6 Å². The minimum Gasteiger partial charge on any atom is -0.489 e. The highest BCUT2D eigenvalue weighted by Crippen LogP contribution is 2.33. The van der Waals surface area contributed by atoms with Crippen LogP contribution in [0.25, 0.3) is 5.57 Å². The van der Waals surface area contributed by atoms with Gasteiger partial charge in [0, 0.05) is 3.57 Å². The largest absolute Gasteiger partial charge is 0.489 e. The summed E-state index contributed by atoms with van der Waals surface area (Å²) in [7, 11) is 0. The highest BCUT2D eigenvalue weighted by atomic mass is 127. The maximum atomic E-state index is 13.2. The first-order chi connectivity index (χ1) is 15.6. The van der Waals surface area contributed by atoms with E-state index in [9.17, 15) is 18.0 Å². The van der Waals surface area contributed by atoms with Crippen LogP contribution in [0.15, 0.2) is 72.8 Å². The van der Waals surface area contributed by atoms with E-state index in [1.165, 1.54) is 6.07 Å². The van der Waals surface area contributed by atoms with Crippen LogP contribution in [0.5, 0.6) is 11.5 Å². The minimum absolute atomic E-state index is 0.117. The molecular formula is C25H20F3IO4. The Balaban J connectivity index is 1.85. The zero-order valence-electron chi connectivity index (χ0n) is 17.5. The van der Waals surface area contributed by atoms with E-state index in [1.54, 1.807) is 37.3 Å². The number of ether oxygens (including phenoxy) is 2. The molecule has 3 aromatic rings. The van der Waals surface area contributed by atoms with Crippen molar-refractivity contribution in [2.45, 2.75) is 13.1 Å². The first-order valence-electron chi connectivity index (χ1n) is 9.85. The first kappa shape index (κ1) is 24.6. The van der Waals surface area contributed by atoms with Gasteiger partial charge < -0.3 is 14.6 Å². The Morgan fingerprint density at radius 1 is 1.00 bits per heavy atom. The van der Waals surface area contributed by atoms with Crippen molar-refractivity contribution in [1.29, 1.82) is 0 Å². The highest BCUT2D eigenvalue weighted by Gasteiger charge is 2.30. The van der Waals surface area contributed by atoms with Gasteiger partial charge in [-0.15, -0.1) is 0 Å². The lowest BCUT2D eigenvalue weighted by atomic mass is 9.96. The molecule has 33 heavy (non-hydrogen) atoms. The van der Waals surface area contributed by atoms with Crippen molar-refractivity contribution >= 4 is 34.1 Å². The third kappa shape index (κ3) is 6.98. The summed E-state index contributed by atoms with van der Waals surface area (Å²) in [6.07, 6.45) is -2.70. The van der Waals surface area contributed by atoms with Gasteiger partial charge in [0.1, 0.15) is 18.1 Å². The topological polar surface area (TPSA) is 55.8 Å². The van der Waals surface area contributed by atoms with E-state index in [0.29, 0.717) is 28.2 Å². The number of alkyl halides is 3. The number of carboxylic acid groups (broad SMARTS) is 1. The molecule has 0 spiro atoms. The molecular weight excluding hydrogens is 548 g/mol. The normalized spacial score (nSPS) is 11.8. The second-order valence-corrected chi connectivity index (χ2v) is 8.37. The van der Waals surface area contributed by atoms with Crippen molar-refractivity contribution in [3.63, 3.8) is 0 Å². The van der Waals surface area contributed by atoms with Gasteiger partial charge in [0.25, 0.3) is 0 Å². The number of rotatable bonds is 8. The first-order valence-corrected chi connectivity index (χ1v) is 10.9. The van der Waals surface area contributed by atoms with Crippen LogP contribution in [0.4, 0.5) is 13.2 Å². The molecule has 0 bridgehead atoms. The molecule has 1 N–H and O–H groups in total. The summed E-state index contributed by atoms with van der Waals surface area (Å²) in [4.78, 5) is 10.7. The second kappa shape index (κ2) is 10.7. The number of aryl methyl sites for hydroxylation is 1. The van der Waals surface area contributed by atoms with Crippen LogP contribution in [-0.4, -0.2) is 24.3 Å². The lowest BCUT2D eigenvalue weighted by Crippen LogP contribution is -2.10. The fourth-order valence-electron chi connectivity index (χ4n) is 3.13. The lowest BCUT2D eigenvalue weighted by molar-refractivity contribution is -0.139. The predicted octanol–water partition coefficient (Wildman–Crippen LogP) is 6.59. The Hall–Kier alpha value is -3.01. The fraction of sp³-hybridized carbons (Fsp3) is 0.160. The van der Waals surface area contributed by atoms with Crippen molar-refractivity contribution in [1.82, 2.24) is 0 Å². The van der Waals surface area contributed by atoms with E-state index in [0.717, 1.165) is 21.3 Å². The molecule has 3 aromatic carbocycles. The van der Waals surface area contributed by atoms with Crippen molar-refractivity contribution in [2.75, 3.05) is 13.2 Å². The molecule has 0 heterocycles. The molecule has 0 unspecified atom stereocenters. The average Bonchev–Trinajstić information content (AvgIpc) is 2.76. The van der Waals surface area contributed by atoms with E-state index in [1.807, 2.05) is 24.3 Å². The third-order valence-corrected chi connectivity index (χ3v) is 5.41. The summed E-state index contributed by atoms with van der Waals surface area (Å²) in [5.74, 6) is -0.112. The third-order valence-electron chi connectivity index (χ3n) is 4.69. The summed E-state index contributed by atoms with van der Waals surface area (Å²) in [5.41, 5.74) is 1.81. The standard InChI is InChI=1S/C25H20F3IO4/c1-16-13-21(9-10-23(16)33-15-24(30)31)32-12-11-22(17-5-7-20(29)8-6-17)18-3-2-4-19(14-18)25(26,27)28/h2-11,13-14H,12,15H2,1H3,(H,30,31). The number of aliphatic carboxylic acids is 1. The zero-order valence-corrected chi connectivity index (χ0v) is 19.7. The van der Waals surface area contributed by atoms with E-state index < -0.39 is 24.3 Å². The maximum Gasteiger partial charge on any atom is 0.416 e. The lowest BCUT2D eigenvalue weighted by Gasteiger charge is -2.13. The highest BCUT2D eigenvalue weighted by molar-refractivity contribution is 14.1. The number of hydrogen-bond donors (Lipinski definition) is 1. The van der Waals surface area contributed by atoms with Crippen LogP contribution >= 0.6 is 22.6 Å². The quantitative estimate of drug-likeness (QED) is 0.312. The summed E-state index contributed by atoms with van der Waals surface area (Å²) >= 11 is 2.17. The molecule has 3 rings (SSSR count). The Kier molecular flexibility index (Phi) is 8.01. The Bertz CT molecular complexity index is 1160. The van der Waals surface area contributed by atoms with E-state index >= 15 is 0 Å². The van der Waals surface area contributed by atoms with E-state index in [2.05, 4.69) is 22.6 Å². The average molecular weight is 568 g/mol. The monoisotopic (exact) mass is 568 g/mol. The zero-order chi connectivity index (χ0) is 24.0. The van der Waals surface area contributed by atoms with Crippen LogP contribution in [0, 0.1) is 10.5 Å². The second-order valence-electron chi connectivity index (χ2n) is 7.12. The molecule has 0 aromatic heterocycles. The summed E-state index contributed by atoms with van der Waals surface area (Å²) in [5, 5.41) is 8.73. The number of benzene rings is 3. The van der Waals surface area contributed by atoms with Gasteiger partial charge in [-0.2, -0.15) is 13.2 Å². The van der Waals surface area contributed by atoms with Gasteiger partial charge in [0.05, 0.1) is 5.56 Å². The molecule has 0 radical (unpaired) electrons. The molecule has 172 valence electrons.